The molecular weight excluding hydrogens is 1960 g/mol. The number of esters is 4. The van der Waals surface area contributed by atoms with Crippen molar-refractivity contribution in [2.24, 2.45) is 116 Å². The Kier molecular flexibility index (Phi) is 39.0. The molecule has 4 aliphatic carbocycles. The molecule has 0 spiro atoms. The highest BCUT2D eigenvalue weighted by molar-refractivity contribution is 7.18. The van der Waals surface area contributed by atoms with Crippen LogP contribution >= 0.6 is 22.7 Å². The molecule has 0 radical (unpaired) electrons. The summed E-state index contributed by atoms with van der Waals surface area (Å²) in [4.78, 5) is 122. The highest BCUT2D eigenvalue weighted by atomic mass is 32.1. The zero-order valence-electron chi connectivity index (χ0n) is 89.7. The van der Waals surface area contributed by atoms with E-state index < -0.39 is 202 Å². The molecule has 26 nitrogen and oxygen atoms in total. The Morgan fingerprint density at radius 2 is 0.743 bits per heavy atom. The predicted molar refractivity (Wildman–Crippen MR) is 550 cm³/mol. The van der Waals surface area contributed by atoms with Gasteiger partial charge in [-0.1, -0.05) is 158 Å². The smallest absolute Gasteiger partial charge is 0.412 e. The van der Waals surface area contributed by atoms with Gasteiger partial charge in [-0.25, -0.2) is 19.9 Å². The monoisotopic (exact) mass is 2110 g/mol. The van der Waals surface area contributed by atoms with E-state index in [1.807, 2.05) is 64.1 Å². The Bertz CT molecular complexity index is 5580. The van der Waals surface area contributed by atoms with E-state index in [2.05, 4.69) is 45.9 Å². The summed E-state index contributed by atoms with van der Waals surface area (Å²) < 4.78 is 119. The molecule has 8 heterocycles. The standard InChI is InChI=1S/C29H39NO6.C29H39NO5S.C28H38F3NO6.C28H38F3NO5S/c1-15-7-9-23(19-8-10-24-22(13-19)30-18(4)35-24)36-26(32)14-25(31)29(5,6)28(34)17(3)27(33)16(2)21-12-20(21)11-15;1-15-7-9-23(19-8-10-24-22(13-19)30-18(4)36-24)35-26(32)14-25(31)29(5,6)28(34)17(3)27(33)16(2)21-12-20(21)11-15;1-14(9-20-13-37-17(4)32-20)22-8-7-19(28(29,30)31)10-18-11-21(18)15(2)25(35)16(3)26(36)27(5,6)23(33)12-24(34)38-22;1-14(9-20-13-38-17(4)32-20)22-8-7-19(28(29,30)31)10-18-11-21(18)15(2)25(35)16(3)26(36)27(5,6)23(33)12-24(34)37-22/h2*7-8,10,13,16-17,20-21,23,25,27,31,33H,9,11-12,14H2,1-6H3;2*7,9,13,15-16,18,21-23,25,33,35H,8,10-12H2,1-6H3/b2*15-7-;2*14-9+,19-7+/t2*16-,17+,20?,21?,23-,25-,27-;2*15-,16+,18?,21?,22-,23-,25-/m0000/s1. The number of rotatable bonds is 6. The summed E-state index contributed by atoms with van der Waals surface area (Å²) in [6, 6.07) is 11.5. The number of thiazole rings is 2. The van der Waals surface area contributed by atoms with Gasteiger partial charge in [-0.15, -0.1) is 22.7 Å². The van der Waals surface area contributed by atoms with Gasteiger partial charge in [-0.05, 0) is 223 Å². The van der Waals surface area contributed by atoms with Gasteiger partial charge in [0.15, 0.2) is 17.4 Å². The Balaban J connectivity index is 0.000000187. The third kappa shape index (κ3) is 29.9. The molecule has 8 unspecified atom stereocenters. The van der Waals surface area contributed by atoms with Crippen molar-refractivity contribution >= 4 is 103 Å². The summed E-state index contributed by atoms with van der Waals surface area (Å²) in [5.41, 5.74) is 1.85. The molecule has 14 rings (SSSR count). The molecule has 0 bridgehead atoms. The molecule has 34 heteroatoms. The quantitative estimate of drug-likeness (QED) is 0.0332. The third-order valence-electron chi connectivity index (χ3n) is 33.1. The minimum Gasteiger partial charge on any atom is -0.457 e. The number of alkyl halides is 6. The van der Waals surface area contributed by atoms with Crippen LogP contribution in [0.25, 0.3) is 33.5 Å². The summed E-state index contributed by atoms with van der Waals surface area (Å²) in [5, 5.41) is 90.9. The number of aliphatic hydroxyl groups excluding tert-OH is 8. The number of halogens is 6. The molecule has 0 saturated heterocycles. The summed E-state index contributed by atoms with van der Waals surface area (Å²) >= 11 is 3.05. The van der Waals surface area contributed by atoms with E-state index in [0.717, 1.165) is 69.2 Å². The van der Waals surface area contributed by atoms with Crippen LogP contribution in [0.5, 0.6) is 0 Å². The molecule has 4 aliphatic heterocycles. The fourth-order valence-electron chi connectivity index (χ4n) is 22.1. The van der Waals surface area contributed by atoms with E-state index in [9.17, 15) is 106 Å². The number of hydrogen-bond donors (Lipinski definition) is 8. The van der Waals surface area contributed by atoms with Crippen LogP contribution in [0.2, 0.25) is 0 Å². The second-order valence-electron chi connectivity index (χ2n) is 45.9. The first-order chi connectivity index (χ1) is 68.8. The molecule has 4 aromatic heterocycles. The van der Waals surface area contributed by atoms with Crippen LogP contribution in [0.3, 0.4) is 0 Å². The second kappa shape index (κ2) is 48.5. The number of fused-ring (bicyclic) bond motifs is 6. The van der Waals surface area contributed by atoms with Crippen molar-refractivity contribution in [2.45, 2.75) is 355 Å². The first-order valence-corrected chi connectivity index (χ1v) is 53.7. The normalized spacial score (nSPS) is 35.4. The Morgan fingerprint density at radius 3 is 1.09 bits per heavy atom. The summed E-state index contributed by atoms with van der Waals surface area (Å²) in [7, 11) is 0. The van der Waals surface area contributed by atoms with E-state index in [0.29, 0.717) is 94.8 Å². The van der Waals surface area contributed by atoms with E-state index in [-0.39, 0.29) is 85.6 Å². The first kappa shape index (κ1) is 119. The van der Waals surface area contributed by atoms with Gasteiger partial charge < -0.3 is 68.6 Å². The van der Waals surface area contributed by atoms with Crippen LogP contribution in [-0.2, 0) is 57.3 Å². The van der Waals surface area contributed by atoms with Gasteiger partial charge >= 0.3 is 36.2 Å². The number of ether oxygens (including phenoxy) is 4. The van der Waals surface area contributed by atoms with Crippen molar-refractivity contribution in [2.75, 3.05) is 0 Å². The van der Waals surface area contributed by atoms with Gasteiger partial charge in [0.1, 0.15) is 65.0 Å². The lowest BCUT2D eigenvalue weighted by atomic mass is 9.72. The summed E-state index contributed by atoms with van der Waals surface area (Å²) in [6.45, 7) is 41.4. The van der Waals surface area contributed by atoms with Crippen molar-refractivity contribution in [3.63, 3.8) is 0 Å². The molecule has 8 N–H and O–H groups in total. The van der Waals surface area contributed by atoms with Crippen molar-refractivity contribution in [3.8, 4) is 0 Å². The highest BCUT2D eigenvalue weighted by Gasteiger charge is 2.55. The Hall–Kier alpha value is -9.10. The van der Waals surface area contributed by atoms with Crippen LogP contribution in [0.15, 0.2) is 115 Å². The van der Waals surface area contributed by atoms with E-state index in [1.165, 1.54) is 56.4 Å². The van der Waals surface area contributed by atoms with Crippen molar-refractivity contribution in [1.82, 2.24) is 19.9 Å². The molecule has 8 aliphatic rings. The molecule has 4 fully saturated rings. The number of carbonyl (C=O) groups excluding carboxylic acids is 8. The van der Waals surface area contributed by atoms with Gasteiger partial charge in [-0.3, -0.25) is 38.4 Å². The van der Waals surface area contributed by atoms with Crippen LogP contribution in [0.4, 0.5) is 26.3 Å². The fraction of sp³-hybridized carbons (Fsp3) is 0.649. The Labute approximate surface area is 872 Å². The number of benzene rings is 2. The predicted octanol–water partition coefficient (Wildman–Crippen LogP) is 21.5. The van der Waals surface area contributed by atoms with Crippen LogP contribution in [0.1, 0.15) is 298 Å². The molecule has 148 heavy (non-hydrogen) atoms. The van der Waals surface area contributed by atoms with Gasteiger partial charge in [0.25, 0.3) is 0 Å². The molecule has 0 amide bonds. The lowest BCUT2D eigenvalue weighted by molar-refractivity contribution is -0.157. The number of allylic oxidation sites excluding steroid dienone is 4. The van der Waals surface area contributed by atoms with Crippen LogP contribution < -0.4 is 0 Å². The Morgan fingerprint density at radius 1 is 0.399 bits per heavy atom. The maximum Gasteiger partial charge on any atom is 0.412 e. The number of nitrogens with zero attached hydrogens (tertiary/aromatic N) is 4. The van der Waals surface area contributed by atoms with E-state index >= 15 is 0 Å². The van der Waals surface area contributed by atoms with Crippen molar-refractivity contribution in [3.05, 3.63) is 150 Å². The summed E-state index contributed by atoms with van der Waals surface area (Å²) in [6.07, 6.45) is -6.74. The van der Waals surface area contributed by atoms with E-state index in [4.69, 9.17) is 27.8 Å². The minimum atomic E-state index is -4.57. The number of cyclic esters (lactones) is 4. The zero-order valence-corrected chi connectivity index (χ0v) is 91.4. The number of hydrogen-bond acceptors (Lipinski definition) is 28. The van der Waals surface area contributed by atoms with Crippen LogP contribution in [0, 0.1) is 144 Å². The number of ketones is 4. The van der Waals surface area contributed by atoms with E-state index in [1.54, 1.807) is 126 Å². The number of aromatic nitrogens is 4. The van der Waals surface area contributed by atoms with Gasteiger partial charge in [0.2, 0.25) is 0 Å². The third-order valence-corrected chi connectivity index (χ3v) is 34.8. The topological polar surface area (TPSA) is 413 Å². The molecule has 816 valence electrons. The molecule has 28 atom stereocenters. The lowest BCUT2D eigenvalue weighted by Crippen LogP contribution is -2.46. The zero-order chi connectivity index (χ0) is 110. The number of Topliss-reactive ketones (excluding diaryl/α,β-unsaturated/α-hetero) is 4. The van der Waals surface area contributed by atoms with Gasteiger partial charge in [-0.2, -0.15) is 26.3 Å². The van der Waals surface area contributed by atoms with Gasteiger partial charge in [0, 0.05) is 79.7 Å². The number of carbonyl (C=O) groups is 8. The molecule has 6 aromatic rings. The molecule has 2 aromatic carbocycles. The number of oxazole rings is 2. The number of aliphatic hydroxyl groups is 8. The molecular formula is C114H154F6N4O22S2. The SMILES string of the molecule is C/C(=C\c1coc(C)n1)[C@@H]1C/C=C(/C(F)(F)F)CC2CC2[C@H](C)[C@H](O)[C@@H](C)C(=O)C(C)(C)[C@@H](O)CC(=O)O1.C/C(=C\c1csc(C)n1)[C@@H]1C/C=C(/C(F)(F)F)CC2CC2[C@H](C)[C@H](O)[C@@H](C)C(=O)C(C)(C)[C@@H](O)CC(=O)O1.C/C1=C/C[C@@H](c2ccc3oc(C)nc3c2)OC(=O)C[C@H](O)C(C)(C)C(=O)[C@H](C)[C@@H](O)[C@@H](C)C2CC2C1.C/C1=C/C[C@@H](c2ccc3sc(C)nc3c2)OC(=O)C[C@H](O)C(C)(C)C(=O)[C@H](C)[C@@H](O)[C@@H](C)C2CC2C1. The van der Waals surface area contributed by atoms with Crippen LogP contribution in [-0.4, -0.2) is 181 Å². The maximum atomic E-state index is 14.0. The average molecular weight is 2110 g/mol. The largest absolute Gasteiger partial charge is 0.457 e. The van der Waals surface area contributed by atoms with Crippen molar-refractivity contribution < 1.29 is 133 Å². The average Bonchev–Trinajstić information content (AvgIpc) is 1.63. The summed E-state index contributed by atoms with van der Waals surface area (Å²) in [5.74, 6) is -6.14. The fourth-order valence-corrected chi connectivity index (χ4v) is 23.4. The minimum absolute atomic E-state index is 0.00592. The molecule has 4 saturated carbocycles. The maximum absolute atomic E-state index is 14.0. The highest BCUT2D eigenvalue weighted by Crippen LogP contribution is 2.56. The van der Waals surface area contributed by atoms with Gasteiger partial charge in [0.05, 0.1) is 122 Å². The second-order valence-corrected chi connectivity index (χ2v) is 48.2. The van der Waals surface area contributed by atoms with Crippen molar-refractivity contribution in [1.29, 1.82) is 0 Å². The number of aryl methyl sites for hydroxylation is 4. The lowest BCUT2D eigenvalue weighted by Gasteiger charge is -2.34. The first-order valence-electron chi connectivity index (χ1n) is 52.0.